The average molecular weight is 597 g/mol. The SMILES string of the molecule is CC[Si](CC)(CC)OC(COCc1ccc(OC)cc1)C/C(=C\CO[Si](C(C)C)(C(C)C)C(C)C)CC(O)CO. The summed E-state index contributed by atoms with van der Waals surface area (Å²) < 4.78 is 25.2. The fourth-order valence-electron chi connectivity index (χ4n) is 6.23. The summed E-state index contributed by atoms with van der Waals surface area (Å²) in [5, 5.41) is 20.0. The van der Waals surface area contributed by atoms with Crippen molar-refractivity contribution in [2.45, 2.75) is 129 Å². The Kier molecular flexibility index (Phi) is 17.1. The highest BCUT2D eigenvalue weighted by atomic mass is 28.4. The molecule has 8 heteroatoms. The smallest absolute Gasteiger partial charge is 0.200 e. The van der Waals surface area contributed by atoms with Gasteiger partial charge in [0.15, 0.2) is 8.32 Å². The van der Waals surface area contributed by atoms with Gasteiger partial charge in [0.05, 0.1) is 45.7 Å². The van der Waals surface area contributed by atoms with Crippen LogP contribution in [0.4, 0.5) is 0 Å². The molecule has 1 aromatic carbocycles. The topological polar surface area (TPSA) is 77.4 Å². The van der Waals surface area contributed by atoms with Crippen molar-refractivity contribution in [3.05, 3.63) is 41.5 Å². The van der Waals surface area contributed by atoms with Crippen LogP contribution in [0.25, 0.3) is 0 Å². The molecule has 0 aliphatic heterocycles. The molecule has 0 saturated carbocycles. The minimum Gasteiger partial charge on any atom is -0.497 e. The van der Waals surface area contributed by atoms with Crippen molar-refractivity contribution < 1.29 is 28.5 Å². The summed E-state index contributed by atoms with van der Waals surface area (Å²) in [5.41, 5.74) is 3.65. The molecule has 0 bridgehead atoms. The van der Waals surface area contributed by atoms with Crippen molar-refractivity contribution in [3.63, 3.8) is 0 Å². The number of hydrogen-bond acceptors (Lipinski definition) is 6. The van der Waals surface area contributed by atoms with E-state index in [0.717, 1.165) is 35.0 Å². The summed E-state index contributed by atoms with van der Waals surface area (Å²) in [6, 6.07) is 11.1. The van der Waals surface area contributed by atoms with Crippen molar-refractivity contribution in [3.8, 4) is 5.75 Å². The first kappa shape index (κ1) is 37.0. The minimum absolute atomic E-state index is 0.121. The molecular formula is C32H60O6Si2. The van der Waals surface area contributed by atoms with Crippen LogP contribution in [0.3, 0.4) is 0 Å². The van der Waals surface area contributed by atoms with Gasteiger partial charge < -0.3 is 28.5 Å². The number of ether oxygens (including phenoxy) is 2. The van der Waals surface area contributed by atoms with Crippen LogP contribution in [-0.4, -0.2) is 66.0 Å². The van der Waals surface area contributed by atoms with Crippen molar-refractivity contribution in [2.75, 3.05) is 26.9 Å². The number of hydrogen-bond donors (Lipinski definition) is 2. The molecular weight excluding hydrogens is 537 g/mol. The van der Waals surface area contributed by atoms with Gasteiger partial charge in [0.25, 0.3) is 0 Å². The van der Waals surface area contributed by atoms with Gasteiger partial charge in [-0.15, -0.1) is 0 Å². The van der Waals surface area contributed by atoms with Crippen LogP contribution in [0.5, 0.6) is 5.75 Å². The Morgan fingerprint density at radius 3 is 1.88 bits per heavy atom. The van der Waals surface area contributed by atoms with Crippen LogP contribution in [0.2, 0.25) is 34.8 Å². The van der Waals surface area contributed by atoms with Crippen molar-refractivity contribution >= 4 is 16.6 Å². The highest BCUT2D eigenvalue weighted by Crippen LogP contribution is 2.42. The minimum atomic E-state index is -2.02. The zero-order valence-corrected chi connectivity index (χ0v) is 29.2. The molecule has 0 aliphatic rings. The predicted octanol–water partition coefficient (Wildman–Crippen LogP) is 7.85. The van der Waals surface area contributed by atoms with Gasteiger partial charge in [0.2, 0.25) is 8.32 Å². The Morgan fingerprint density at radius 1 is 0.875 bits per heavy atom. The monoisotopic (exact) mass is 596 g/mol. The van der Waals surface area contributed by atoms with Crippen LogP contribution >= 0.6 is 0 Å². The first-order valence-electron chi connectivity index (χ1n) is 15.4. The van der Waals surface area contributed by atoms with Gasteiger partial charge in [-0.2, -0.15) is 0 Å². The number of aliphatic hydroxyl groups is 2. The fourth-order valence-corrected chi connectivity index (χ4v) is 14.5. The Balaban J connectivity index is 3.18. The fraction of sp³-hybridized carbons (Fsp3) is 0.750. The normalized spacial score (nSPS) is 14.8. The molecule has 232 valence electrons. The second-order valence-electron chi connectivity index (χ2n) is 12.1. The largest absolute Gasteiger partial charge is 0.497 e. The van der Waals surface area contributed by atoms with Crippen molar-refractivity contribution in [2.24, 2.45) is 0 Å². The van der Waals surface area contributed by atoms with Gasteiger partial charge in [-0.05, 0) is 65.3 Å². The second-order valence-corrected chi connectivity index (χ2v) is 22.3. The van der Waals surface area contributed by atoms with E-state index in [0.29, 0.717) is 49.3 Å². The van der Waals surface area contributed by atoms with E-state index in [1.807, 2.05) is 24.3 Å². The maximum absolute atomic E-state index is 10.4. The highest BCUT2D eigenvalue weighted by molar-refractivity contribution is 6.77. The molecule has 0 fully saturated rings. The van der Waals surface area contributed by atoms with E-state index in [-0.39, 0.29) is 12.7 Å². The molecule has 0 aromatic heterocycles. The van der Waals surface area contributed by atoms with Crippen LogP contribution < -0.4 is 4.74 Å². The van der Waals surface area contributed by atoms with Crippen molar-refractivity contribution in [1.82, 2.24) is 0 Å². The summed E-state index contributed by atoms with van der Waals surface area (Å²) in [6.07, 6.45) is 2.26. The van der Waals surface area contributed by atoms with Gasteiger partial charge in [-0.25, -0.2) is 0 Å². The van der Waals surface area contributed by atoms with E-state index >= 15 is 0 Å². The molecule has 0 saturated heterocycles. The molecule has 40 heavy (non-hydrogen) atoms. The molecule has 0 amide bonds. The van der Waals surface area contributed by atoms with E-state index in [9.17, 15) is 10.2 Å². The lowest BCUT2D eigenvalue weighted by Gasteiger charge is -2.42. The summed E-state index contributed by atoms with van der Waals surface area (Å²) in [6.45, 7) is 21.7. The van der Waals surface area contributed by atoms with Crippen LogP contribution in [-0.2, 0) is 20.2 Å². The molecule has 0 spiro atoms. The highest BCUT2D eigenvalue weighted by Gasteiger charge is 2.44. The Labute approximate surface area is 247 Å². The van der Waals surface area contributed by atoms with Gasteiger partial charge in [-0.3, -0.25) is 0 Å². The standard InChI is InChI=1S/C32H60O6Si2/c1-11-39(12-2,13-3)38-32(24-36-23-28-14-16-31(35-10)17-15-28)21-29(20-30(34)22-33)18-19-37-40(25(4)5,26(6)7)27(8)9/h14-18,25-27,30,32-34H,11-13,19-24H2,1-10H3/b29-18-. The van der Waals surface area contributed by atoms with E-state index in [2.05, 4.69) is 68.4 Å². The zero-order chi connectivity index (χ0) is 30.3. The van der Waals surface area contributed by atoms with Gasteiger partial charge in [0, 0.05) is 0 Å². The Hall–Kier alpha value is -1.01. The molecule has 2 atom stereocenters. The quantitative estimate of drug-likeness (QED) is 0.111. The van der Waals surface area contributed by atoms with Crippen LogP contribution in [0, 0.1) is 0 Å². The van der Waals surface area contributed by atoms with Crippen LogP contribution in [0.15, 0.2) is 35.9 Å². The number of benzene rings is 1. The van der Waals surface area contributed by atoms with E-state index < -0.39 is 22.7 Å². The maximum Gasteiger partial charge on any atom is 0.200 e. The maximum atomic E-state index is 10.4. The third-order valence-electron chi connectivity index (χ3n) is 8.69. The molecule has 2 N–H and O–H groups in total. The molecule has 0 heterocycles. The first-order chi connectivity index (χ1) is 18.9. The molecule has 0 radical (unpaired) electrons. The lowest BCUT2D eigenvalue weighted by molar-refractivity contribution is 0.0337. The molecule has 1 aromatic rings. The van der Waals surface area contributed by atoms with E-state index in [4.69, 9.17) is 18.3 Å². The average Bonchev–Trinajstić information content (AvgIpc) is 2.93. The molecule has 2 unspecified atom stereocenters. The first-order valence-corrected chi connectivity index (χ1v) is 20.1. The number of methoxy groups -OCH3 is 1. The third kappa shape index (κ3) is 11.0. The zero-order valence-electron chi connectivity index (χ0n) is 27.2. The van der Waals surface area contributed by atoms with E-state index in [1.54, 1.807) is 7.11 Å². The summed E-state index contributed by atoms with van der Waals surface area (Å²) >= 11 is 0. The number of rotatable bonds is 21. The summed E-state index contributed by atoms with van der Waals surface area (Å²) in [4.78, 5) is 0. The number of aliphatic hydroxyl groups excluding tert-OH is 2. The lowest BCUT2D eigenvalue weighted by Crippen LogP contribution is -2.47. The van der Waals surface area contributed by atoms with E-state index in [1.165, 1.54) is 0 Å². The second kappa shape index (κ2) is 18.5. The molecule has 6 nitrogen and oxygen atoms in total. The molecule has 1 rings (SSSR count). The van der Waals surface area contributed by atoms with Gasteiger partial charge >= 0.3 is 0 Å². The predicted molar refractivity (Wildman–Crippen MR) is 172 cm³/mol. The molecule has 0 aliphatic carbocycles. The van der Waals surface area contributed by atoms with Gasteiger partial charge in [-0.1, -0.05) is 86.1 Å². The Bertz CT molecular complexity index is 806. The lowest BCUT2D eigenvalue weighted by atomic mass is 10.0. The van der Waals surface area contributed by atoms with Crippen LogP contribution in [0.1, 0.15) is 80.7 Å². The van der Waals surface area contributed by atoms with Crippen molar-refractivity contribution in [1.29, 1.82) is 0 Å². The summed E-state index contributed by atoms with van der Waals surface area (Å²) in [5.74, 6) is 0.827. The third-order valence-corrected chi connectivity index (χ3v) is 19.5. The van der Waals surface area contributed by atoms with Gasteiger partial charge in [0.1, 0.15) is 5.75 Å². The summed E-state index contributed by atoms with van der Waals surface area (Å²) in [7, 11) is -2.26. The Morgan fingerprint density at radius 2 is 1.43 bits per heavy atom.